The minimum atomic E-state index is -0.480. The van der Waals surface area contributed by atoms with Gasteiger partial charge in [-0.3, -0.25) is 4.79 Å². The van der Waals surface area contributed by atoms with Crippen LogP contribution < -0.4 is 5.32 Å². The fourth-order valence-electron chi connectivity index (χ4n) is 2.51. The van der Waals surface area contributed by atoms with Gasteiger partial charge in [0.05, 0.1) is 0 Å². The van der Waals surface area contributed by atoms with Crippen molar-refractivity contribution in [1.82, 2.24) is 0 Å². The summed E-state index contributed by atoms with van der Waals surface area (Å²) >= 11 is 5.89. The Morgan fingerprint density at radius 1 is 1.11 bits per heavy atom. The van der Waals surface area contributed by atoms with Gasteiger partial charge in [-0.05, 0) is 60.5 Å². The largest absolute Gasteiger partial charge is 0.457 e. The molecule has 0 saturated heterocycles. The average molecular weight is 377 g/mol. The first kappa shape index (κ1) is 18.5. The molecule has 0 saturated carbocycles. The SMILES string of the molecule is CCc1ccc(NC(=O)/C(C#N)=C/c2ccc(-c3ccc(Cl)cc3)o2)cc1. The van der Waals surface area contributed by atoms with Crippen molar-refractivity contribution >= 4 is 29.3 Å². The van der Waals surface area contributed by atoms with E-state index in [1.54, 1.807) is 24.3 Å². The molecule has 4 nitrogen and oxygen atoms in total. The lowest BCUT2D eigenvalue weighted by atomic mass is 10.1. The second-order valence-corrected chi connectivity index (χ2v) is 6.32. The molecule has 1 amide bonds. The minimum absolute atomic E-state index is 0.0356. The summed E-state index contributed by atoms with van der Waals surface area (Å²) in [5, 5.41) is 12.7. The van der Waals surface area contributed by atoms with Gasteiger partial charge in [-0.25, -0.2) is 0 Å². The van der Waals surface area contributed by atoms with E-state index in [-0.39, 0.29) is 5.57 Å². The molecule has 0 unspecified atom stereocenters. The Bertz CT molecular complexity index is 1010. The van der Waals surface area contributed by atoms with Crippen LogP contribution in [0.5, 0.6) is 0 Å². The van der Waals surface area contributed by atoms with Crippen molar-refractivity contribution in [3.05, 3.63) is 82.6 Å². The van der Waals surface area contributed by atoms with Crippen molar-refractivity contribution in [1.29, 1.82) is 5.26 Å². The van der Waals surface area contributed by atoms with Crippen LogP contribution in [0.25, 0.3) is 17.4 Å². The molecule has 3 rings (SSSR count). The lowest BCUT2D eigenvalue weighted by Crippen LogP contribution is -2.13. The highest BCUT2D eigenvalue weighted by Crippen LogP contribution is 2.25. The minimum Gasteiger partial charge on any atom is -0.457 e. The fraction of sp³-hybridized carbons (Fsp3) is 0.0909. The van der Waals surface area contributed by atoms with E-state index >= 15 is 0 Å². The number of nitriles is 1. The van der Waals surface area contributed by atoms with Gasteiger partial charge >= 0.3 is 0 Å². The van der Waals surface area contributed by atoms with Crippen molar-refractivity contribution in [2.75, 3.05) is 5.32 Å². The van der Waals surface area contributed by atoms with Gasteiger partial charge < -0.3 is 9.73 Å². The van der Waals surface area contributed by atoms with Crippen LogP contribution >= 0.6 is 11.6 Å². The topological polar surface area (TPSA) is 66.0 Å². The van der Waals surface area contributed by atoms with E-state index in [0.29, 0.717) is 22.2 Å². The van der Waals surface area contributed by atoms with Crippen molar-refractivity contribution in [2.45, 2.75) is 13.3 Å². The Hall–Kier alpha value is -3.29. The van der Waals surface area contributed by atoms with Gasteiger partial charge in [0.25, 0.3) is 5.91 Å². The van der Waals surface area contributed by atoms with E-state index in [0.717, 1.165) is 12.0 Å². The van der Waals surface area contributed by atoms with Gasteiger partial charge in [0, 0.05) is 22.3 Å². The van der Waals surface area contributed by atoms with E-state index in [4.69, 9.17) is 16.0 Å². The number of halogens is 1. The van der Waals surface area contributed by atoms with E-state index in [1.807, 2.05) is 42.5 Å². The number of rotatable bonds is 5. The number of nitrogens with zero attached hydrogens (tertiary/aromatic N) is 1. The fourth-order valence-corrected chi connectivity index (χ4v) is 2.64. The number of hydrogen-bond acceptors (Lipinski definition) is 3. The van der Waals surface area contributed by atoms with Gasteiger partial charge in [0.15, 0.2) is 0 Å². The highest BCUT2D eigenvalue weighted by molar-refractivity contribution is 6.30. The summed E-state index contributed by atoms with van der Waals surface area (Å²) in [6.45, 7) is 2.06. The average Bonchev–Trinajstić information content (AvgIpc) is 3.16. The van der Waals surface area contributed by atoms with Crippen LogP contribution in [0.15, 0.2) is 70.7 Å². The first-order chi connectivity index (χ1) is 13.1. The molecule has 5 heteroatoms. The van der Waals surface area contributed by atoms with Gasteiger partial charge in [-0.1, -0.05) is 30.7 Å². The number of hydrogen-bond donors (Lipinski definition) is 1. The monoisotopic (exact) mass is 376 g/mol. The quantitative estimate of drug-likeness (QED) is 0.458. The number of carbonyl (C=O) groups excluding carboxylic acids is 1. The summed E-state index contributed by atoms with van der Waals surface area (Å²) in [5.74, 6) is 0.574. The summed E-state index contributed by atoms with van der Waals surface area (Å²) in [4.78, 5) is 12.4. The molecule has 27 heavy (non-hydrogen) atoms. The third-order valence-electron chi connectivity index (χ3n) is 4.03. The maximum Gasteiger partial charge on any atom is 0.266 e. The molecule has 0 aliphatic heterocycles. The Labute approximate surface area is 162 Å². The number of nitrogens with one attached hydrogen (secondary N) is 1. The zero-order valence-corrected chi connectivity index (χ0v) is 15.5. The molecule has 0 atom stereocenters. The van der Waals surface area contributed by atoms with Crippen LogP contribution in [-0.4, -0.2) is 5.91 Å². The molecular formula is C22H17ClN2O2. The maximum atomic E-state index is 12.4. The number of aryl methyl sites for hydroxylation is 1. The standard InChI is InChI=1S/C22H17ClN2O2/c1-2-15-3-9-19(10-4-15)25-22(26)17(14-24)13-20-11-12-21(27-20)16-5-7-18(23)8-6-16/h3-13H,2H2,1H3,(H,25,26)/b17-13+. The second kappa shape index (κ2) is 8.39. The first-order valence-electron chi connectivity index (χ1n) is 8.47. The number of carbonyl (C=O) groups is 1. The Morgan fingerprint density at radius 3 is 2.44 bits per heavy atom. The summed E-state index contributed by atoms with van der Waals surface area (Å²) in [6.07, 6.45) is 2.35. The molecular weight excluding hydrogens is 360 g/mol. The van der Waals surface area contributed by atoms with E-state index in [2.05, 4.69) is 12.2 Å². The molecule has 0 aliphatic carbocycles. The Morgan fingerprint density at radius 2 is 1.81 bits per heavy atom. The molecule has 134 valence electrons. The van der Waals surface area contributed by atoms with E-state index in [9.17, 15) is 10.1 Å². The zero-order valence-electron chi connectivity index (χ0n) is 14.7. The Balaban J connectivity index is 1.76. The molecule has 1 N–H and O–H groups in total. The number of amides is 1. The molecule has 2 aromatic carbocycles. The summed E-state index contributed by atoms with van der Waals surface area (Å²) in [7, 11) is 0. The van der Waals surface area contributed by atoms with Crippen LogP contribution in [0.4, 0.5) is 5.69 Å². The van der Waals surface area contributed by atoms with Crippen LogP contribution in [0.2, 0.25) is 5.02 Å². The molecule has 0 aliphatic rings. The second-order valence-electron chi connectivity index (χ2n) is 5.88. The lowest BCUT2D eigenvalue weighted by Gasteiger charge is -2.05. The van der Waals surface area contributed by atoms with E-state index in [1.165, 1.54) is 11.6 Å². The van der Waals surface area contributed by atoms with Gasteiger partial charge in [0.1, 0.15) is 23.2 Å². The van der Waals surface area contributed by atoms with Gasteiger partial charge in [-0.2, -0.15) is 5.26 Å². The summed E-state index contributed by atoms with van der Waals surface area (Å²) in [5.41, 5.74) is 2.64. The van der Waals surface area contributed by atoms with Crippen molar-refractivity contribution in [3.63, 3.8) is 0 Å². The van der Waals surface area contributed by atoms with Gasteiger partial charge in [-0.15, -0.1) is 0 Å². The molecule has 0 radical (unpaired) electrons. The highest BCUT2D eigenvalue weighted by Gasteiger charge is 2.11. The molecule has 0 fully saturated rings. The third-order valence-corrected chi connectivity index (χ3v) is 4.28. The van der Waals surface area contributed by atoms with Crippen LogP contribution in [0.1, 0.15) is 18.2 Å². The number of benzene rings is 2. The predicted octanol–water partition coefficient (Wildman–Crippen LogP) is 5.71. The molecule has 3 aromatic rings. The molecule has 0 bridgehead atoms. The summed E-state index contributed by atoms with van der Waals surface area (Å²) in [6, 6.07) is 20.2. The van der Waals surface area contributed by atoms with Crippen molar-refractivity contribution in [2.24, 2.45) is 0 Å². The highest BCUT2D eigenvalue weighted by atomic mass is 35.5. The zero-order chi connectivity index (χ0) is 19.2. The first-order valence-corrected chi connectivity index (χ1v) is 8.84. The van der Waals surface area contributed by atoms with Crippen molar-refractivity contribution in [3.8, 4) is 17.4 Å². The lowest BCUT2D eigenvalue weighted by molar-refractivity contribution is -0.112. The summed E-state index contributed by atoms with van der Waals surface area (Å²) < 4.78 is 5.72. The normalized spacial score (nSPS) is 11.1. The number of furan rings is 1. The maximum absolute atomic E-state index is 12.4. The van der Waals surface area contributed by atoms with Crippen LogP contribution in [-0.2, 0) is 11.2 Å². The van der Waals surface area contributed by atoms with E-state index < -0.39 is 5.91 Å². The van der Waals surface area contributed by atoms with Gasteiger partial charge in [0.2, 0.25) is 0 Å². The predicted molar refractivity (Wildman–Crippen MR) is 107 cm³/mol. The van der Waals surface area contributed by atoms with Crippen LogP contribution in [0, 0.1) is 11.3 Å². The Kier molecular flexibility index (Phi) is 5.75. The molecule has 1 aromatic heterocycles. The number of anilines is 1. The molecule has 0 spiro atoms. The van der Waals surface area contributed by atoms with Crippen LogP contribution in [0.3, 0.4) is 0 Å². The molecule has 1 heterocycles. The third kappa shape index (κ3) is 4.66. The smallest absolute Gasteiger partial charge is 0.266 e. The van der Waals surface area contributed by atoms with Crippen molar-refractivity contribution < 1.29 is 9.21 Å².